The molecule has 2 aliphatic heterocycles. The molecule has 1 unspecified atom stereocenters. The lowest BCUT2D eigenvalue weighted by molar-refractivity contribution is -0.125. The summed E-state index contributed by atoms with van der Waals surface area (Å²) < 4.78 is 0. The summed E-state index contributed by atoms with van der Waals surface area (Å²) >= 11 is 0. The summed E-state index contributed by atoms with van der Waals surface area (Å²) in [7, 11) is 1.54. The van der Waals surface area contributed by atoms with Crippen LogP contribution in [0.15, 0.2) is 18.2 Å². The molecule has 7 heteroatoms. The second kappa shape index (κ2) is 8.38. The molecule has 0 spiro atoms. The van der Waals surface area contributed by atoms with Crippen molar-refractivity contribution in [1.82, 2.24) is 10.2 Å². The fraction of sp³-hybridized carbons (Fsp3) is 0.500. The molecular weight excluding hydrogens is 341 g/mol. The maximum absolute atomic E-state index is 12.8. The maximum atomic E-state index is 12.8. The summed E-state index contributed by atoms with van der Waals surface area (Å²) in [6.45, 7) is 0.561. The molecule has 0 radical (unpaired) electrons. The minimum atomic E-state index is -0.630. The summed E-state index contributed by atoms with van der Waals surface area (Å²) in [5, 5.41) is 11.7. The van der Waals surface area contributed by atoms with Crippen molar-refractivity contribution in [2.24, 2.45) is 0 Å². The zero-order chi connectivity index (χ0) is 19.4. The van der Waals surface area contributed by atoms with E-state index in [0.717, 1.165) is 37.3 Å². The van der Waals surface area contributed by atoms with Crippen LogP contribution in [0.25, 0.3) is 0 Å². The highest BCUT2D eigenvalue weighted by atomic mass is 16.2. The van der Waals surface area contributed by atoms with Gasteiger partial charge in [0.25, 0.3) is 12.6 Å². The van der Waals surface area contributed by atoms with Crippen molar-refractivity contribution in [2.45, 2.75) is 56.8 Å². The standard InChI is InChI=1S/C20H24BN3O3/c1-23-19(26)18(3-2-10-25)24-12-16-11-15(4-5-17(16)20(24)27)14-6-8-21(13-22)9-7-14/h4-5,10-11,14,18H,2-3,6-9,12H2,1H3,(H,23,26). The highest BCUT2D eigenvalue weighted by Gasteiger charge is 2.36. The Bertz CT molecular complexity index is 781. The Morgan fingerprint density at radius 2 is 2.19 bits per heavy atom. The number of amides is 2. The highest BCUT2D eigenvalue weighted by Crippen LogP contribution is 2.36. The monoisotopic (exact) mass is 365 g/mol. The van der Waals surface area contributed by atoms with E-state index in [4.69, 9.17) is 5.26 Å². The molecule has 6 nitrogen and oxygen atoms in total. The molecule has 140 valence electrons. The Kier molecular flexibility index (Phi) is 5.95. The van der Waals surface area contributed by atoms with Crippen molar-refractivity contribution >= 4 is 24.8 Å². The second-order valence-corrected chi connectivity index (χ2v) is 7.40. The topological polar surface area (TPSA) is 90.3 Å². The van der Waals surface area contributed by atoms with Gasteiger partial charge in [-0.05, 0) is 29.5 Å². The average molecular weight is 365 g/mol. The van der Waals surface area contributed by atoms with E-state index in [2.05, 4.69) is 17.4 Å². The van der Waals surface area contributed by atoms with Gasteiger partial charge in [0.05, 0.1) is 0 Å². The summed E-state index contributed by atoms with van der Waals surface area (Å²) in [6.07, 6.45) is 5.18. The quantitative estimate of drug-likeness (QED) is 0.618. The van der Waals surface area contributed by atoms with Crippen molar-refractivity contribution in [3.05, 3.63) is 34.9 Å². The van der Waals surface area contributed by atoms with Gasteiger partial charge in [-0.3, -0.25) is 9.59 Å². The number of fused-ring (bicyclic) bond motifs is 1. The molecule has 1 atom stereocenters. The van der Waals surface area contributed by atoms with Gasteiger partial charge in [-0.25, -0.2) is 5.26 Å². The number of nitrogens with one attached hydrogen (secondary N) is 1. The Labute approximate surface area is 160 Å². The minimum absolute atomic E-state index is 0.149. The molecule has 0 aromatic heterocycles. The molecular formula is C20H24BN3O3. The predicted molar refractivity (Wildman–Crippen MR) is 102 cm³/mol. The Morgan fingerprint density at radius 1 is 1.44 bits per heavy atom. The number of nitrogens with zero attached hydrogens (tertiary/aromatic N) is 2. The van der Waals surface area contributed by atoms with Gasteiger partial charge in [-0.2, -0.15) is 0 Å². The Hall–Kier alpha value is -2.62. The number of hydrogen-bond donors (Lipinski definition) is 1. The zero-order valence-corrected chi connectivity index (χ0v) is 15.6. The largest absolute Gasteiger partial charge is 0.357 e. The molecule has 2 amide bonds. The molecule has 2 heterocycles. The fourth-order valence-corrected chi connectivity index (χ4v) is 4.25. The SMILES string of the molecule is CNC(=O)C(CCC=O)N1Cc2cc(C3CCB(C#N)CC3)ccc2C1=O. The van der Waals surface area contributed by atoms with E-state index in [1.807, 2.05) is 12.1 Å². The third kappa shape index (κ3) is 3.90. The summed E-state index contributed by atoms with van der Waals surface area (Å²) in [5.41, 5.74) is 2.80. The first-order valence-electron chi connectivity index (χ1n) is 9.57. The Balaban J connectivity index is 1.77. The van der Waals surface area contributed by atoms with E-state index in [1.54, 1.807) is 11.9 Å². The molecule has 1 saturated heterocycles. The van der Waals surface area contributed by atoms with E-state index in [-0.39, 0.29) is 24.9 Å². The first-order chi connectivity index (χ1) is 13.1. The van der Waals surface area contributed by atoms with Gasteiger partial charge in [-0.15, -0.1) is 0 Å². The average Bonchev–Trinajstić information content (AvgIpc) is 3.04. The van der Waals surface area contributed by atoms with Gasteiger partial charge < -0.3 is 15.0 Å². The van der Waals surface area contributed by atoms with E-state index in [1.165, 1.54) is 5.56 Å². The number of carbonyl (C=O) groups is 3. The van der Waals surface area contributed by atoms with Crippen LogP contribution < -0.4 is 5.32 Å². The van der Waals surface area contributed by atoms with E-state index < -0.39 is 6.04 Å². The molecule has 0 aliphatic carbocycles. The summed E-state index contributed by atoms with van der Waals surface area (Å²) in [5.74, 6) is 2.39. The van der Waals surface area contributed by atoms with E-state index >= 15 is 0 Å². The maximum Gasteiger partial charge on any atom is 0.267 e. The molecule has 0 bridgehead atoms. The fourth-order valence-electron chi connectivity index (χ4n) is 4.25. The lowest BCUT2D eigenvalue weighted by Crippen LogP contribution is -2.46. The van der Waals surface area contributed by atoms with Gasteiger partial charge >= 0.3 is 0 Å². The summed E-state index contributed by atoms with van der Waals surface area (Å²) in [4.78, 5) is 37.4. The second-order valence-electron chi connectivity index (χ2n) is 7.40. The number of likely N-dealkylation sites (N-methyl/N-ethyl adjacent to an activating group) is 1. The van der Waals surface area contributed by atoms with Crippen LogP contribution in [0.5, 0.6) is 0 Å². The van der Waals surface area contributed by atoms with Crippen LogP contribution >= 0.6 is 0 Å². The van der Waals surface area contributed by atoms with Gasteiger partial charge in [0, 0.05) is 31.5 Å². The number of benzene rings is 1. The molecule has 1 aromatic carbocycles. The molecule has 27 heavy (non-hydrogen) atoms. The molecule has 1 fully saturated rings. The van der Waals surface area contributed by atoms with Gasteiger partial charge in [0.1, 0.15) is 12.3 Å². The van der Waals surface area contributed by atoms with Crippen LogP contribution in [0.2, 0.25) is 12.6 Å². The van der Waals surface area contributed by atoms with Crippen molar-refractivity contribution < 1.29 is 14.4 Å². The van der Waals surface area contributed by atoms with Crippen LogP contribution in [-0.2, 0) is 16.1 Å². The van der Waals surface area contributed by atoms with Crippen LogP contribution in [0.4, 0.5) is 0 Å². The van der Waals surface area contributed by atoms with Crippen molar-refractivity contribution in [1.29, 1.82) is 5.26 Å². The Morgan fingerprint density at radius 3 is 2.81 bits per heavy atom. The lowest BCUT2D eigenvalue weighted by Gasteiger charge is -2.25. The smallest absolute Gasteiger partial charge is 0.267 e. The van der Waals surface area contributed by atoms with Crippen molar-refractivity contribution in [2.75, 3.05) is 7.05 Å². The van der Waals surface area contributed by atoms with Gasteiger partial charge in [0.2, 0.25) is 5.91 Å². The van der Waals surface area contributed by atoms with Crippen LogP contribution in [-0.4, -0.2) is 42.8 Å². The van der Waals surface area contributed by atoms with Crippen molar-refractivity contribution in [3.8, 4) is 5.97 Å². The number of hydrogen-bond acceptors (Lipinski definition) is 4. The highest BCUT2D eigenvalue weighted by molar-refractivity contribution is 6.67. The van der Waals surface area contributed by atoms with Crippen LogP contribution in [0.1, 0.15) is 53.1 Å². The zero-order valence-electron chi connectivity index (χ0n) is 15.6. The molecule has 2 aliphatic rings. The third-order valence-corrected chi connectivity index (χ3v) is 5.83. The predicted octanol–water partition coefficient (Wildman–Crippen LogP) is 2.17. The number of rotatable bonds is 6. The van der Waals surface area contributed by atoms with Gasteiger partial charge in [0.15, 0.2) is 0 Å². The number of carbonyl (C=O) groups excluding carboxylic acids is 3. The lowest BCUT2D eigenvalue weighted by atomic mass is 9.41. The van der Waals surface area contributed by atoms with Gasteiger partial charge in [-0.1, -0.05) is 37.6 Å². The number of nitriles is 1. The molecule has 1 aromatic rings. The number of aldehydes is 1. The molecule has 3 rings (SSSR count). The first-order valence-corrected chi connectivity index (χ1v) is 9.57. The van der Waals surface area contributed by atoms with Crippen molar-refractivity contribution in [3.63, 3.8) is 0 Å². The van der Waals surface area contributed by atoms with E-state index in [0.29, 0.717) is 24.4 Å². The normalized spacial score (nSPS) is 18.0. The third-order valence-electron chi connectivity index (χ3n) is 5.83. The van der Waals surface area contributed by atoms with Crippen LogP contribution in [0, 0.1) is 11.2 Å². The first kappa shape index (κ1) is 19.2. The molecule has 0 saturated carbocycles. The summed E-state index contributed by atoms with van der Waals surface area (Å²) in [6, 6.07) is 5.34. The molecule has 1 N–H and O–H groups in total. The van der Waals surface area contributed by atoms with E-state index in [9.17, 15) is 14.4 Å². The minimum Gasteiger partial charge on any atom is -0.357 e. The van der Waals surface area contributed by atoms with Crippen LogP contribution in [0.3, 0.4) is 0 Å².